The molecule has 3 N–H and O–H groups in total. The first-order valence-electron chi connectivity index (χ1n) is 9.97. The molecule has 8 heteroatoms. The zero-order valence-corrected chi connectivity index (χ0v) is 18.1. The lowest BCUT2D eigenvalue weighted by atomic mass is 9.86. The number of imide groups is 1. The van der Waals surface area contributed by atoms with Gasteiger partial charge in [0, 0.05) is 18.0 Å². The van der Waals surface area contributed by atoms with Gasteiger partial charge in [0.15, 0.2) is 0 Å². The summed E-state index contributed by atoms with van der Waals surface area (Å²) >= 11 is 12.2. The minimum Gasteiger partial charge on any atom is -0.480 e. The van der Waals surface area contributed by atoms with Crippen molar-refractivity contribution in [1.82, 2.24) is 4.90 Å². The van der Waals surface area contributed by atoms with Gasteiger partial charge in [-0.15, -0.1) is 0 Å². The summed E-state index contributed by atoms with van der Waals surface area (Å²) < 4.78 is 0. The SMILES string of the molecule is CC(C[C@@H](N)C(=O)O)CN(C(=O)CC1CCCCC1)C(=O)c1cc(Cl)ccc1Cl. The molecule has 0 bridgehead atoms. The lowest BCUT2D eigenvalue weighted by Crippen LogP contribution is -2.42. The smallest absolute Gasteiger partial charge is 0.320 e. The lowest BCUT2D eigenvalue weighted by molar-refractivity contribution is -0.138. The van der Waals surface area contributed by atoms with Crippen LogP contribution in [0.25, 0.3) is 0 Å². The number of carbonyl (C=O) groups excluding carboxylic acids is 2. The van der Waals surface area contributed by atoms with Crippen LogP contribution >= 0.6 is 23.2 Å². The molecule has 2 amide bonds. The van der Waals surface area contributed by atoms with Gasteiger partial charge in [-0.25, -0.2) is 0 Å². The summed E-state index contributed by atoms with van der Waals surface area (Å²) in [6, 6.07) is 3.49. The van der Waals surface area contributed by atoms with Gasteiger partial charge in [-0.05, 0) is 49.3 Å². The maximum Gasteiger partial charge on any atom is 0.320 e. The quantitative estimate of drug-likeness (QED) is 0.622. The number of carboxylic acids is 1. The summed E-state index contributed by atoms with van der Waals surface area (Å²) in [5.74, 6) is -1.92. The molecule has 0 aromatic heterocycles. The van der Waals surface area contributed by atoms with Crippen LogP contribution in [0.5, 0.6) is 0 Å². The molecule has 0 spiro atoms. The number of amides is 2. The number of hydrogen-bond donors (Lipinski definition) is 2. The molecule has 1 unspecified atom stereocenters. The summed E-state index contributed by atoms with van der Waals surface area (Å²) in [5, 5.41) is 9.60. The summed E-state index contributed by atoms with van der Waals surface area (Å²) in [5.41, 5.74) is 5.78. The number of aliphatic carboxylic acids is 1. The molecule has 29 heavy (non-hydrogen) atoms. The van der Waals surface area contributed by atoms with E-state index in [2.05, 4.69) is 0 Å². The number of carboxylic acid groups (broad SMARTS) is 1. The highest BCUT2D eigenvalue weighted by Gasteiger charge is 2.29. The Hall–Kier alpha value is -1.63. The van der Waals surface area contributed by atoms with Crippen molar-refractivity contribution in [1.29, 1.82) is 0 Å². The maximum absolute atomic E-state index is 13.2. The largest absolute Gasteiger partial charge is 0.480 e. The molecule has 160 valence electrons. The number of benzene rings is 1. The van der Waals surface area contributed by atoms with E-state index in [4.69, 9.17) is 34.0 Å². The molecule has 1 fully saturated rings. The number of halogens is 2. The van der Waals surface area contributed by atoms with E-state index < -0.39 is 17.9 Å². The molecule has 2 atom stereocenters. The number of hydrogen-bond acceptors (Lipinski definition) is 4. The van der Waals surface area contributed by atoms with Gasteiger partial charge in [0.25, 0.3) is 5.91 Å². The van der Waals surface area contributed by atoms with Crippen molar-refractivity contribution in [3.05, 3.63) is 33.8 Å². The Bertz CT molecular complexity index is 750. The third kappa shape index (κ3) is 6.98. The highest BCUT2D eigenvalue weighted by Crippen LogP contribution is 2.28. The van der Waals surface area contributed by atoms with E-state index in [1.807, 2.05) is 0 Å². The zero-order chi connectivity index (χ0) is 21.6. The fraction of sp³-hybridized carbons (Fsp3) is 0.571. The van der Waals surface area contributed by atoms with Crippen LogP contribution in [-0.2, 0) is 9.59 Å². The fourth-order valence-corrected chi connectivity index (χ4v) is 4.14. The van der Waals surface area contributed by atoms with E-state index in [1.54, 1.807) is 13.0 Å². The first-order chi connectivity index (χ1) is 13.7. The zero-order valence-electron chi connectivity index (χ0n) is 16.6. The Morgan fingerprint density at radius 3 is 2.48 bits per heavy atom. The molecule has 1 aromatic rings. The summed E-state index contributed by atoms with van der Waals surface area (Å²) in [4.78, 5) is 38.5. The van der Waals surface area contributed by atoms with Crippen molar-refractivity contribution in [3.8, 4) is 0 Å². The Labute approximate surface area is 181 Å². The number of nitrogens with zero attached hydrogens (tertiary/aromatic N) is 1. The van der Waals surface area contributed by atoms with E-state index in [0.29, 0.717) is 11.4 Å². The molecule has 1 aliphatic carbocycles. The van der Waals surface area contributed by atoms with Crippen molar-refractivity contribution in [3.63, 3.8) is 0 Å². The molecule has 0 heterocycles. The lowest BCUT2D eigenvalue weighted by Gasteiger charge is -2.28. The second kappa shape index (κ2) is 11.0. The van der Waals surface area contributed by atoms with Gasteiger partial charge in [0.1, 0.15) is 6.04 Å². The third-order valence-corrected chi connectivity index (χ3v) is 5.93. The van der Waals surface area contributed by atoms with Gasteiger partial charge in [0.05, 0.1) is 10.6 Å². The second-order valence-corrected chi connectivity index (χ2v) is 8.77. The Morgan fingerprint density at radius 1 is 1.21 bits per heavy atom. The van der Waals surface area contributed by atoms with Gasteiger partial charge >= 0.3 is 5.97 Å². The standard InChI is InChI=1S/C21H28Cl2N2O4/c1-13(9-18(24)21(28)29)12-25(19(26)10-14-5-3-2-4-6-14)20(27)16-11-15(22)7-8-17(16)23/h7-8,11,13-14,18H,2-6,9-10,12,24H2,1H3,(H,28,29)/t13?,18-/m1/s1. The molecule has 0 aliphatic heterocycles. The van der Waals surface area contributed by atoms with E-state index >= 15 is 0 Å². The van der Waals surface area contributed by atoms with Crippen molar-refractivity contribution >= 4 is 41.0 Å². The molecule has 0 radical (unpaired) electrons. The Kier molecular flexibility index (Phi) is 8.93. The normalized spacial score (nSPS) is 16.8. The van der Waals surface area contributed by atoms with E-state index in [1.165, 1.54) is 23.5 Å². The highest BCUT2D eigenvalue weighted by atomic mass is 35.5. The van der Waals surface area contributed by atoms with Crippen molar-refractivity contribution in [2.24, 2.45) is 17.6 Å². The van der Waals surface area contributed by atoms with Gasteiger partial charge in [-0.2, -0.15) is 0 Å². The molecule has 1 aromatic carbocycles. The van der Waals surface area contributed by atoms with E-state index in [-0.39, 0.29) is 41.3 Å². The van der Waals surface area contributed by atoms with Crippen LogP contribution in [0.15, 0.2) is 18.2 Å². The van der Waals surface area contributed by atoms with Gasteiger partial charge in [-0.3, -0.25) is 19.3 Å². The van der Waals surface area contributed by atoms with Crippen molar-refractivity contribution in [2.75, 3.05) is 6.54 Å². The minimum atomic E-state index is -1.11. The minimum absolute atomic E-state index is 0.0776. The molecule has 1 aliphatic rings. The fourth-order valence-electron chi connectivity index (χ4n) is 3.77. The van der Waals surface area contributed by atoms with E-state index in [9.17, 15) is 14.4 Å². The molecule has 2 rings (SSSR count). The first-order valence-corrected chi connectivity index (χ1v) is 10.7. The summed E-state index contributed by atoms with van der Waals surface area (Å²) in [7, 11) is 0. The number of rotatable bonds is 8. The second-order valence-electron chi connectivity index (χ2n) is 7.93. The van der Waals surface area contributed by atoms with Crippen molar-refractivity contribution in [2.45, 2.75) is 57.9 Å². The van der Waals surface area contributed by atoms with Crippen LogP contribution < -0.4 is 5.73 Å². The topological polar surface area (TPSA) is 101 Å². The molecular weight excluding hydrogens is 415 g/mol. The van der Waals surface area contributed by atoms with Crippen molar-refractivity contribution < 1.29 is 19.5 Å². The predicted octanol–water partition coefficient (Wildman–Crippen LogP) is 4.37. The van der Waals surface area contributed by atoms with Gasteiger partial charge in [-0.1, -0.05) is 49.4 Å². The Morgan fingerprint density at radius 2 is 1.86 bits per heavy atom. The van der Waals surface area contributed by atoms with Crippen LogP contribution in [0, 0.1) is 11.8 Å². The number of nitrogens with two attached hydrogens (primary N) is 1. The van der Waals surface area contributed by atoms with Crippen LogP contribution in [0.4, 0.5) is 0 Å². The molecule has 0 saturated heterocycles. The maximum atomic E-state index is 13.2. The molecule has 6 nitrogen and oxygen atoms in total. The van der Waals surface area contributed by atoms with Crippen LogP contribution in [0.1, 0.15) is 62.2 Å². The van der Waals surface area contributed by atoms with Gasteiger partial charge < -0.3 is 10.8 Å². The molecular formula is C21H28Cl2N2O4. The average molecular weight is 443 g/mol. The average Bonchev–Trinajstić information content (AvgIpc) is 2.68. The van der Waals surface area contributed by atoms with Crippen LogP contribution in [0.3, 0.4) is 0 Å². The van der Waals surface area contributed by atoms with Gasteiger partial charge in [0.2, 0.25) is 5.91 Å². The highest BCUT2D eigenvalue weighted by molar-refractivity contribution is 6.36. The Balaban J connectivity index is 2.21. The molecule has 1 saturated carbocycles. The predicted molar refractivity (Wildman–Crippen MR) is 113 cm³/mol. The van der Waals surface area contributed by atoms with E-state index in [0.717, 1.165) is 25.7 Å². The first kappa shape index (κ1) is 23.6. The van der Waals surface area contributed by atoms with Crippen LogP contribution in [-0.4, -0.2) is 40.4 Å². The monoisotopic (exact) mass is 442 g/mol. The van der Waals surface area contributed by atoms with Crippen LogP contribution in [0.2, 0.25) is 10.0 Å². The summed E-state index contributed by atoms with van der Waals surface area (Å²) in [6.07, 6.45) is 5.76. The third-order valence-electron chi connectivity index (χ3n) is 5.36. The summed E-state index contributed by atoms with van der Waals surface area (Å²) in [6.45, 7) is 1.85. The number of carbonyl (C=O) groups is 3.